The first-order valence-electron chi connectivity index (χ1n) is 21.7. The number of quaternary nitrogens is 1. The summed E-state index contributed by atoms with van der Waals surface area (Å²) < 4.78 is 34.2. The number of unbranched alkanes of at least 4 members (excludes halogenated alkanes) is 12. The number of phosphoric acid groups is 1. The van der Waals surface area contributed by atoms with Crippen LogP contribution in [0.5, 0.6) is 0 Å². The van der Waals surface area contributed by atoms with Crippen LogP contribution in [-0.2, 0) is 32.7 Å². The molecule has 2 atom stereocenters. The van der Waals surface area contributed by atoms with Crippen LogP contribution >= 0.6 is 7.82 Å². The van der Waals surface area contributed by atoms with E-state index in [2.05, 4.69) is 86.8 Å². The van der Waals surface area contributed by atoms with Gasteiger partial charge in [0.2, 0.25) is 0 Å². The zero-order valence-corrected chi connectivity index (χ0v) is 37.0. The molecule has 0 saturated heterocycles. The van der Waals surface area contributed by atoms with Crippen molar-refractivity contribution in [2.45, 2.75) is 161 Å². The zero-order valence-electron chi connectivity index (χ0n) is 36.1. The van der Waals surface area contributed by atoms with Gasteiger partial charge in [0.1, 0.15) is 19.8 Å². The number of allylic oxidation sites excluding steroid dienone is 12. The average molecular weight is 807 g/mol. The van der Waals surface area contributed by atoms with Crippen LogP contribution in [0.15, 0.2) is 72.9 Å². The summed E-state index contributed by atoms with van der Waals surface area (Å²) in [6.45, 7) is 4.22. The lowest BCUT2D eigenvalue weighted by Crippen LogP contribution is -2.37. The molecule has 0 aromatic rings. The highest BCUT2D eigenvalue weighted by molar-refractivity contribution is 7.47. The molecule has 0 aliphatic carbocycles. The lowest BCUT2D eigenvalue weighted by Gasteiger charge is -2.24. The second-order valence-electron chi connectivity index (χ2n) is 15.3. The number of ether oxygens (including phenoxy) is 2. The molecule has 0 bridgehead atoms. The van der Waals surface area contributed by atoms with E-state index in [1.807, 2.05) is 21.1 Å². The van der Waals surface area contributed by atoms with E-state index >= 15 is 0 Å². The molecule has 0 saturated carbocycles. The van der Waals surface area contributed by atoms with E-state index < -0.39 is 32.5 Å². The molecule has 0 aromatic heterocycles. The topological polar surface area (TPSA) is 108 Å². The minimum atomic E-state index is -4.39. The molecule has 1 N–H and O–H groups in total. The Morgan fingerprint density at radius 3 is 1.55 bits per heavy atom. The van der Waals surface area contributed by atoms with Crippen LogP contribution in [0, 0.1) is 0 Å². The second kappa shape index (κ2) is 38.0. The smallest absolute Gasteiger partial charge is 0.462 e. The zero-order chi connectivity index (χ0) is 41.4. The minimum absolute atomic E-state index is 0.0200. The fourth-order valence-corrected chi connectivity index (χ4v) is 6.07. The summed E-state index contributed by atoms with van der Waals surface area (Å²) in [6.07, 6.45) is 46.6. The summed E-state index contributed by atoms with van der Waals surface area (Å²) >= 11 is 0. The fourth-order valence-electron chi connectivity index (χ4n) is 5.33. The third-order valence-corrected chi connectivity index (χ3v) is 9.70. The normalized spacial score (nSPS) is 14.3. The number of carbonyl (C=O) groups excluding carboxylic acids is 2. The SMILES string of the molecule is CC/C=C/C/C=C/C/C=C/C/C=C/C/C=C/CCCCCC(=O)O[C@H](COC(=O)CCCCCCC/C=C/CCCCCC)COP(=O)(O)OCC[N+](C)(C)C. The van der Waals surface area contributed by atoms with Gasteiger partial charge in [0.05, 0.1) is 27.7 Å². The van der Waals surface area contributed by atoms with Gasteiger partial charge in [-0.05, 0) is 83.5 Å². The standard InChI is InChI=1S/C46H80NO8P/c1-6-8-10-12-14-16-18-20-21-22-23-24-25-27-29-31-33-35-37-39-46(49)55-44(43-54-56(50,51)53-41-40-47(3,4)5)42-52-45(48)38-36-34-32-30-28-26-19-17-15-13-11-9-7-2/h8,10,14,16-17,19-21,23-24,27,29,44H,6-7,9,11-13,15,18,22,25-26,28,30-43H2,1-5H3/p+1/b10-8+,16-14+,19-17+,21-20+,24-23+,29-27+/t44-/m1/s1. The van der Waals surface area contributed by atoms with Gasteiger partial charge in [-0.2, -0.15) is 0 Å². The average Bonchev–Trinajstić information content (AvgIpc) is 3.15. The third kappa shape index (κ3) is 41.1. The van der Waals surface area contributed by atoms with E-state index in [1.54, 1.807) is 0 Å². The molecular formula is C46H81NO8P+. The molecule has 56 heavy (non-hydrogen) atoms. The van der Waals surface area contributed by atoms with Gasteiger partial charge in [0, 0.05) is 12.8 Å². The van der Waals surface area contributed by atoms with Gasteiger partial charge >= 0.3 is 19.8 Å². The van der Waals surface area contributed by atoms with Crippen LogP contribution in [0.2, 0.25) is 0 Å². The maximum absolute atomic E-state index is 12.7. The molecule has 0 aliphatic rings. The van der Waals surface area contributed by atoms with E-state index in [4.69, 9.17) is 18.5 Å². The van der Waals surface area contributed by atoms with Gasteiger partial charge in [0.15, 0.2) is 6.10 Å². The Morgan fingerprint density at radius 2 is 1.02 bits per heavy atom. The van der Waals surface area contributed by atoms with E-state index in [0.29, 0.717) is 17.4 Å². The quantitative estimate of drug-likeness (QED) is 0.0216. The highest BCUT2D eigenvalue weighted by Crippen LogP contribution is 2.43. The molecule has 0 spiro atoms. The number of phosphoric ester groups is 1. The molecule has 1 unspecified atom stereocenters. The number of hydrogen-bond acceptors (Lipinski definition) is 7. The summed E-state index contributed by atoms with van der Waals surface area (Å²) in [5.74, 6) is -0.854. The summed E-state index contributed by atoms with van der Waals surface area (Å²) in [6, 6.07) is 0. The summed E-state index contributed by atoms with van der Waals surface area (Å²) in [5, 5.41) is 0. The first-order valence-corrected chi connectivity index (χ1v) is 23.2. The van der Waals surface area contributed by atoms with Crippen molar-refractivity contribution < 1.29 is 42.1 Å². The van der Waals surface area contributed by atoms with Crippen molar-refractivity contribution >= 4 is 19.8 Å². The lowest BCUT2D eigenvalue weighted by molar-refractivity contribution is -0.870. The molecule has 0 radical (unpaired) electrons. The van der Waals surface area contributed by atoms with Gasteiger partial charge in [-0.1, -0.05) is 132 Å². The summed E-state index contributed by atoms with van der Waals surface area (Å²) in [5.41, 5.74) is 0. The number of nitrogens with zero attached hydrogens (tertiary/aromatic N) is 1. The Kier molecular flexibility index (Phi) is 36.3. The molecule has 0 aliphatic heterocycles. The predicted molar refractivity (Wildman–Crippen MR) is 233 cm³/mol. The summed E-state index contributed by atoms with van der Waals surface area (Å²) in [7, 11) is 1.44. The van der Waals surface area contributed by atoms with Crippen LogP contribution in [0.3, 0.4) is 0 Å². The minimum Gasteiger partial charge on any atom is -0.462 e. The maximum atomic E-state index is 12.7. The molecule has 0 rings (SSSR count). The van der Waals surface area contributed by atoms with Crippen molar-refractivity contribution in [2.75, 3.05) is 47.5 Å². The van der Waals surface area contributed by atoms with Crippen LogP contribution in [0.1, 0.15) is 155 Å². The van der Waals surface area contributed by atoms with E-state index in [0.717, 1.165) is 89.9 Å². The Balaban J connectivity index is 4.46. The van der Waals surface area contributed by atoms with Crippen molar-refractivity contribution in [3.8, 4) is 0 Å². The number of likely N-dealkylation sites (N-methyl/N-ethyl adjacent to an activating group) is 1. The van der Waals surface area contributed by atoms with Crippen LogP contribution < -0.4 is 0 Å². The van der Waals surface area contributed by atoms with E-state index in [1.165, 1.54) is 32.1 Å². The highest BCUT2D eigenvalue weighted by Gasteiger charge is 2.27. The Hall–Kier alpha value is -2.55. The van der Waals surface area contributed by atoms with Crippen molar-refractivity contribution in [3.63, 3.8) is 0 Å². The first kappa shape index (κ1) is 53.5. The summed E-state index contributed by atoms with van der Waals surface area (Å²) in [4.78, 5) is 35.3. The lowest BCUT2D eigenvalue weighted by atomic mass is 10.1. The second-order valence-corrected chi connectivity index (χ2v) is 16.8. The van der Waals surface area contributed by atoms with Crippen LogP contribution in [-0.4, -0.2) is 74.9 Å². The van der Waals surface area contributed by atoms with Gasteiger partial charge in [0.25, 0.3) is 0 Å². The van der Waals surface area contributed by atoms with Crippen LogP contribution in [0.25, 0.3) is 0 Å². The molecule has 9 nitrogen and oxygen atoms in total. The molecule has 322 valence electrons. The number of esters is 2. The van der Waals surface area contributed by atoms with Gasteiger partial charge in [-0.15, -0.1) is 0 Å². The number of rotatable bonds is 38. The number of carbonyl (C=O) groups is 2. The molecular weight excluding hydrogens is 725 g/mol. The predicted octanol–water partition coefficient (Wildman–Crippen LogP) is 12.2. The van der Waals surface area contributed by atoms with E-state index in [-0.39, 0.29) is 26.1 Å². The monoisotopic (exact) mass is 807 g/mol. The Bertz CT molecular complexity index is 1180. The first-order chi connectivity index (χ1) is 27.0. The molecule has 0 heterocycles. The van der Waals surface area contributed by atoms with E-state index in [9.17, 15) is 19.0 Å². The molecule has 0 amide bonds. The third-order valence-electron chi connectivity index (χ3n) is 8.72. The van der Waals surface area contributed by atoms with Crippen molar-refractivity contribution in [2.24, 2.45) is 0 Å². The van der Waals surface area contributed by atoms with Crippen LogP contribution in [0.4, 0.5) is 0 Å². The van der Waals surface area contributed by atoms with Gasteiger partial charge < -0.3 is 18.9 Å². The Morgan fingerprint density at radius 1 is 0.571 bits per heavy atom. The highest BCUT2D eigenvalue weighted by atomic mass is 31.2. The molecule has 0 fully saturated rings. The molecule has 10 heteroatoms. The fraction of sp³-hybridized carbons (Fsp3) is 0.696. The van der Waals surface area contributed by atoms with Crippen molar-refractivity contribution in [3.05, 3.63) is 72.9 Å². The van der Waals surface area contributed by atoms with Crippen molar-refractivity contribution in [1.29, 1.82) is 0 Å². The van der Waals surface area contributed by atoms with Gasteiger partial charge in [-0.3, -0.25) is 18.6 Å². The maximum Gasteiger partial charge on any atom is 0.472 e. The largest absolute Gasteiger partial charge is 0.472 e. The number of hydrogen-bond donors (Lipinski definition) is 1. The van der Waals surface area contributed by atoms with Gasteiger partial charge in [-0.25, -0.2) is 4.57 Å². The molecule has 0 aromatic carbocycles. The van der Waals surface area contributed by atoms with Crippen molar-refractivity contribution in [1.82, 2.24) is 0 Å². The Labute approximate surface area is 342 Å².